The maximum Gasteiger partial charge on any atom is 0.421 e. The number of Topliss-reactive ketones (excluding diaryl/α,β-unsaturated/α-hetero) is 2. The summed E-state index contributed by atoms with van der Waals surface area (Å²) in [5.41, 5.74) is -1.17. The minimum Gasteiger partial charge on any atom is -0.497 e. The smallest absolute Gasteiger partial charge is 0.421 e. The lowest BCUT2D eigenvalue weighted by Crippen LogP contribution is -2.53. The summed E-state index contributed by atoms with van der Waals surface area (Å²) in [6, 6.07) is 28.5. The van der Waals surface area contributed by atoms with Gasteiger partial charge >= 0.3 is 12.1 Å². The number of amides is 2. The number of methoxy groups -OCH3 is 2. The molecule has 0 radical (unpaired) electrons. The number of carbonyl (C=O) groups is 5. The summed E-state index contributed by atoms with van der Waals surface area (Å²) >= 11 is 0. The highest BCUT2D eigenvalue weighted by atomic mass is 16.6. The quantitative estimate of drug-likeness (QED) is 0.124. The largest absolute Gasteiger partial charge is 0.497 e. The Labute approximate surface area is 301 Å². The summed E-state index contributed by atoms with van der Waals surface area (Å²) in [6.45, 7) is 4.89. The maximum absolute atomic E-state index is 15.2. The van der Waals surface area contributed by atoms with Gasteiger partial charge in [0.05, 0.1) is 19.9 Å². The molecule has 0 fully saturated rings. The number of anilines is 1. The number of hydrogen-bond acceptors (Lipinski definition) is 9. The van der Waals surface area contributed by atoms with Gasteiger partial charge in [-0.05, 0) is 86.5 Å². The number of rotatable bonds is 10. The van der Waals surface area contributed by atoms with Crippen molar-refractivity contribution >= 4 is 35.2 Å². The number of hydrogen-bond donors (Lipinski definition) is 0. The molecule has 2 aliphatic rings. The van der Waals surface area contributed by atoms with Gasteiger partial charge in [-0.25, -0.2) is 9.69 Å². The lowest BCUT2D eigenvalue weighted by Gasteiger charge is -2.35. The summed E-state index contributed by atoms with van der Waals surface area (Å²) in [7, 11) is 3.02. The first-order valence-corrected chi connectivity index (χ1v) is 16.8. The predicted molar refractivity (Wildman–Crippen MR) is 192 cm³/mol. The van der Waals surface area contributed by atoms with E-state index in [0.717, 1.165) is 4.90 Å². The number of fused-ring (bicyclic) bond motifs is 2. The van der Waals surface area contributed by atoms with Crippen LogP contribution in [-0.2, 0) is 31.1 Å². The highest BCUT2D eigenvalue weighted by Gasteiger charge is 2.68. The van der Waals surface area contributed by atoms with Crippen LogP contribution in [0.25, 0.3) is 0 Å². The third kappa shape index (κ3) is 6.59. The van der Waals surface area contributed by atoms with Gasteiger partial charge in [0.25, 0.3) is 0 Å². The van der Waals surface area contributed by atoms with Gasteiger partial charge in [0, 0.05) is 29.0 Å². The molecule has 6 rings (SSSR count). The van der Waals surface area contributed by atoms with Gasteiger partial charge in [-0.3, -0.25) is 19.2 Å². The first-order valence-electron chi connectivity index (χ1n) is 16.8. The van der Waals surface area contributed by atoms with E-state index in [-0.39, 0.29) is 35.6 Å². The molecule has 0 N–H and O–H groups in total. The summed E-state index contributed by atoms with van der Waals surface area (Å²) in [5.74, 6) is -4.08. The Bertz CT molecular complexity index is 2050. The average Bonchev–Trinajstić information content (AvgIpc) is 3.62. The van der Waals surface area contributed by atoms with Crippen LogP contribution in [0.2, 0.25) is 0 Å². The zero-order chi connectivity index (χ0) is 37.2. The van der Waals surface area contributed by atoms with E-state index in [9.17, 15) is 19.2 Å². The SMILES string of the molecule is COc1ccc(C(=O)C[C@@H]2C=C(C(=O)c3ccc(OC)cc3)[C@@H](C(=O)OCc3ccccc3)[C@]23C(=O)N(C(=O)OC(C)(C)C)c2ccccc23)cc1. The van der Waals surface area contributed by atoms with Gasteiger partial charge in [-0.15, -0.1) is 0 Å². The molecule has 2 amide bonds. The third-order valence-electron chi connectivity index (χ3n) is 9.35. The minimum absolute atomic E-state index is 0.0232. The lowest BCUT2D eigenvalue weighted by molar-refractivity contribution is -0.153. The summed E-state index contributed by atoms with van der Waals surface area (Å²) < 4.78 is 22.2. The Hall–Kier alpha value is -6.03. The number of esters is 1. The normalized spacial score (nSPS) is 19.1. The van der Waals surface area contributed by atoms with Crippen molar-refractivity contribution < 1.29 is 42.9 Å². The zero-order valence-corrected chi connectivity index (χ0v) is 29.6. The topological polar surface area (TPSA) is 126 Å². The fourth-order valence-electron chi connectivity index (χ4n) is 7.01. The molecular formula is C42H39NO9. The van der Waals surface area contributed by atoms with E-state index in [2.05, 4.69) is 0 Å². The lowest BCUT2D eigenvalue weighted by atomic mass is 9.64. The molecule has 0 aromatic heterocycles. The molecule has 266 valence electrons. The molecule has 0 saturated carbocycles. The molecule has 1 aliphatic heterocycles. The first-order chi connectivity index (χ1) is 24.9. The molecule has 10 heteroatoms. The van der Waals surface area contributed by atoms with Gasteiger partial charge in [-0.1, -0.05) is 54.6 Å². The Morgan fingerprint density at radius 1 is 0.750 bits per heavy atom. The molecule has 4 aromatic carbocycles. The Balaban J connectivity index is 1.54. The fourth-order valence-corrected chi connectivity index (χ4v) is 7.01. The van der Waals surface area contributed by atoms with Crippen LogP contribution in [0.5, 0.6) is 11.5 Å². The number of ether oxygens (including phenoxy) is 4. The summed E-state index contributed by atoms with van der Waals surface area (Å²) in [5, 5.41) is 0. The number of carbonyl (C=O) groups excluding carboxylic acids is 5. The van der Waals surface area contributed by atoms with Crippen molar-refractivity contribution in [3.05, 3.63) is 137 Å². The van der Waals surface area contributed by atoms with Gasteiger partial charge < -0.3 is 18.9 Å². The number of allylic oxidation sites excluding steroid dienone is 1. The van der Waals surface area contributed by atoms with Gasteiger partial charge in [0.1, 0.15) is 35.0 Å². The molecular weight excluding hydrogens is 662 g/mol. The predicted octanol–water partition coefficient (Wildman–Crippen LogP) is 7.30. The van der Waals surface area contributed by atoms with Crippen LogP contribution in [0.1, 0.15) is 59.0 Å². The van der Waals surface area contributed by atoms with E-state index in [0.29, 0.717) is 28.2 Å². The van der Waals surface area contributed by atoms with Crippen molar-refractivity contribution in [2.24, 2.45) is 11.8 Å². The highest BCUT2D eigenvalue weighted by molar-refractivity contribution is 6.25. The maximum atomic E-state index is 15.2. The van der Waals surface area contributed by atoms with Crippen LogP contribution in [0.15, 0.2) is 115 Å². The highest BCUT2D eigenvalue weighted by Crippen LogP contribution is 2.59. The van der Waals surface area contributed by atoms with Gasteiger partial charge in [0.2, 0.25) is 5.91 Å². The van der Waals surface area contributed by atoms with Crippen LogP contribution >= 0.6 is 0 Å². The van der Waals surface area contributed by atoms with Crippen molar-refractivity contribution in [2.45, 2.75) is 44.8 Å². The molecule has 52 heavy (non-hydrogen) atoms. The molecule has 0 unspecified atom stereocenters. The molecule has 3 atom stereocenters. The second-order valence-electron chi connectivity index (χ2n) is 13.7. The molecule has 10 nitrogen and oxygen atoms in total. The van der Waals surface area contributed by atoms with Crippen LogP contribution in [0.4, 0.5) is 10.5 Å². The zero-order valence-electron chi connectivity index (χ0n) is 29.6. The minimum atomic E-state index is -1.93. The molecule has 1 spiro atoms. The van der Waals surface area contributed by atoms with E-state index >= 15 is 4.79 Å². The number of para-hydroxylation sites is 1. The van der Waals surface area contributed by atoms with E-state index in [1.54, 1.807) is 118 Å². The number of ketones is 2. The van der Waals surface area contributed by atoms with Crippen LogP contribution < -0.4 is 14.4 Å². The Kier molecular flexibility index (Phi) is 9.84. The molecule has 0 bridgehead atoms. The third-order valence-corrected chi connectivity index (χ3v) is 9.35. The van der Waals surface area contributed by atoms with Gasteiger partial charge in [0.15, 0.2) is 11.6 Å². The summed E-state index contributed by atoms with van der Waals surface area (Å²) in [4.78, 5) is 73.2. The standard InChI is InChI=1S/C42H39NO9/c1-41(2,3)52-40(48)43-34-14-10-9-13-33(34)42(39(43)47)29(24-35(44)27-15-19-30(49-4)20-16-27)23-32(37(45)28-17-21-31(50-5)22-18-28)36(42)38(46)51-25-26-11-7-6-8-12-26/h6-23,29,36H,24-25H2,1-5H3/t29-,36-,42-/m0/s1. The second kappa shape index (κ2) is 14.3. The Morgan fingerprint density at radius 2 is 1.33 bits per heavy atom. The fraction of sp³-hybridized carbons (Fsp3) is 0.262. The van der Waals surface area contributed by atoms with E-state index in [1.165, 1.54) is 20.3 Å². The van der Waals surface area contributed by atoms with E-state index < -0.39 is 46.6 Å². The Morgan fingerprint density at radius 3 is 1.92 bits per heavy atom. The molecule has 0 saturated heterocycles. The van der Waals surface area contributed by atoms with E-state index in [4.69, 9.17) is 18.9 Å². The van der Waals surface area contributed by atoms with Crippen molar-refractivity contribution in [3.8, 4) is 11.5 Å². The molecule has 4 aromatic rings. The van der Waals surface area contributed by atoms with Crippen molar-refractivity contribution in [1.29, 1.82) is 0 Å². The van der Waals surface area contributed by atoms with Crippen LogP contribution in [0.3, 0.4) is 0 Å². The van der Waals surface area contributed by atoms with Crippen molar-refractivity contribution in [2.75, 3.05) is 19.1 Å². The van der Waals surface area contributed by atoms with Crippen LogP contribution in [-0.4, -0.2) is 49.4 Å². The van der Waals surface area contributed by atoms with Crippen molar-refractivity contribution in [1.82, 2.24) is 0 Å². The molecule has 1 heterocycles. The number of imide groups is 1. The van der Waals surface area contributed by atoms with Gasteiger partial charge in [-0.2, -0.15) is 0 Å². The number of nitrogens with zero attached hydrogens (tertiary/aromatic N) is 1. The number of benzene rings is 4. The monoisotopic (exact) mass is 701 g/mol. The van der Waals surface area contributed by atoms with Crippen LogP contribution in [0, 0.1) is 11.8 Å². The summed E-state index contributed by atoms with van der Waals surface area (Å²) in [6.07, 6.45) is 0.306. The van der Waals surface area contributed by atoms with E-state index in [1.807, 2.05) is 6.07 Å². The molecule has 1 aliphatic carbocycles. The average molecular weight is 702 g/mol. The first kappa shape index (κ1) is 35.8. The van der Waals surface area contributed by atoms with Crippen molar-refractivity contribution in [3.63, 3.8) is 0 Å². The second-order valence-corrected chi connectivity index (χ2v) is 13.7.